The summed E-state index contributed by atoms with van der Waals surface area (Å²) in [6.07, 6.45) is 1.55. The van der Waals surface area contributed by atoms with Crippen molar-refractivity contribution in [3.8, 4) is 0 Å². The van der Waals surface area contributed by atoms with Crippen LogP contribution >= 0.6 is 0 Å². The van der Waals surface area contributed by atoms with Crippen LogP contribution in [0.25, 0.3) is 11.2 Å². The Hall–Kier alpha value is -1.64. The first kappa shape index (κ1) is 16.4. The van der Waals surface area contributed by atoms with Gasteiger partial charge in [0.2, 0.25) is 0 Å². The summed E-state index contributed by atoms with van der Waals surface area (Å²) in [7, 11) is 3.06. The molecule has 2 heterocycles. The molecule has 0 aliphatic carbocycles. The third-order valence-corrected chi connectivity index (χ3v) is 2.98. The van der Waals surface area contributed by atoms with E-state index in [0.29, 0.717) is 37.5 Å². The lowest BCUT2D eigenvalue weighted by molar-refractivity contribution is -0.374. The first-order valence-electron chi connectivity index (χ1n) is 6.05. The quantitative estimate of drug-likeness (QED) is 0.558. The zero-order valence-electron chi connectivity index (χ0n) is 11.5. The van der Waals surface area contributed by atoms with Crippen LogP contribution < -0.4 is 29.4 Å². The molecule has 112 valence electrons. The highest BCUT2D eigenvalue weighted by molar-refractivity contribution is 5.69. The minimum atomic E-state index is -0.379. The Morgan fingerprint density at radius 1 is 1.25 bits per heavy atom. The average Bonchev–Trinajstić information content (AvgIpc) is 2.83. The van der Waals surface area contributed by atoms with Crippen molar-refractivity contribution in [2.24, 2.45) is 14.1 Å². The van der Waals surface area contributed by atoms with E-state index >= 15 is 0 Å². The molecular weight excluding hydrogens is 286 g/mol. The second-order valence-electron chi connectivity index (χ2n) is 4.28. The summed E-state index contributed by atoms with van der Waals surface area (Å²) >= 11 is 0. The average molecular weight is 304 g/mol. The van der Waals surface area contributed by atoms with Gasteiger partial charge in [-0.1, -0.05) is 0 Å². The molecule has 0 fully saturated rings. The third-order valence-electron chi connectivity index (χ3n) is 2.98. The second kappa shape index (κ2) is 6.69. The predicted octanol–water partition coefficient (Wildman–Crippen LogP) is -5.30. The Labute approximate surface area is 121 Å². The van der Waals surface area contributed by atoms with Gasteiger partial charge in [0.25, 0.3) is 5.56 Å². The Bertz CT molecular complexity index is 702. The number of fused-ring (bicyclic) bond motifs is 1. The Balaban J connectivity index is 0.00000200. The molecule has 0 aliphatic heterocycles. The lowest BCUT2D eigenvalue weighted by Crippen LogP contribution is -3.00. The molecule has 0 spiro atoms. The van der Waals surface area contributed by atoms with E-state index in [2.05, 4.69) is 10.7 Å². The lowest BCUT2D eigenvalue weighted by atomic mass is 10.5. The highest BCUT2D eigenvalue weighted by Gasteiger charge is 2.13. The molecular formula is C11H18ClN5O3. The topological polar surface area (TPSA) is 98.7 Å². The molecule has 0 atom stereocenters. The van der Waals surface area contributed by atoms with Gasteiger partial charge in [-0.15, -0.1) is 0 Å². The first-order chi connectivity index (χ1) is 9.07. The van der Waals surface area contributed by atoms with Gasteiger partial charge in [0, 0.05) is 20.6 Å². The number of quaternary nitrogens is 1. The molecule has 3 N–H and O–H groups in total. The maximum atomic E-state index is 12.1. The van der Waals surface area contributed by atoms with Crippen molar-refractivity contribution < 1.29 is 22.9 Å². The lowest BCUT2D eigenvalue weighted by Gasteiger charge is -2.06. The largest absolute Gasteiger partial charge is 1.00 e. The molecule has 0 amide bonds. The SMILES string of the molecule is Cn1c(=O)c2c(ncn2CCOCC[NH3+])n(C)c1=O.[Cl-]. The van der Waals surface area contributed by atoms with Gasteiger partial charge in [-0.25, -0.2) is 9.78 Å². The van der Waals surface area contributed by atoms with Crippen molar-refractivity contribution >= 4 is 11.2 Å². The summed E-state index contributed by atoms with van der Waals surface area (Å²) in [5.74, 6) is 0. The van der Waals surface area contributed by atoms with Crippen LogP contribution in [0.3, 0.4) is 0 Å². The van der Waals surface area contributed by atoms with Gasteiger partial charge in [-0.2, -0.15) is 0 Å². The molecule has 0 aromatic carbocycles. The summed E-state index contributed by atoms with van der Waals surface area (Å²) in [5.41, 5.74) is 3.78. The maximum Gasteiger partial charge on any atom is 0.332 e. The number of halogens is 1. The summed E-state index contributed by atoms with van der Waals surface area (Å²) in [5, 5.41) is 0. The van der Waals surface area contributed by atoms with Crippen molar-refractivity contribution in [2.75, 3.05) is 19.8 Å². The summed E-state index contributed by atoms with van der Waals surface area (Å²) in [4.78, 5) is 28.0. The van der Waals surface area contributed by atoms with Crippen LogP contribution in [0.5, 0.6) is 0 Å². The number of aromatic nitrogens is 4. The van der Waals surface area contributed by atoms with Crippen LogP contribution in [0.15, 0.2) is 15.9 Å². The van der Waals surface area contributed by atoms with Gasteiger partial charge in [0.1, 0.15) is 0 Å². The molecule has 0 saturated carbocycles. The number of aryl methyl sites for hydroxylation is 1. The van der Waals surface area contributed by atoms with E-state index in [0.717, 1.165) is 4.57 Å². The van der Waals surface area contributed by atoms with Crippen molar-refractivity contribution in [3.05, 3.63) is 27.2 Å². The van der Waals surface area contributed by atoms with Gasteiger partial charge in [-0.05, 0) is 0 Å². The van der Waals surface area contributed by atoms with Crippen LogP contribution in [-0.4, -0.2) is 38.4 Å². The van der Waals surface area contributed by atoms with Gasteiger partial charge in [0.15, 0.2) is 11.2 Å². The van der Waals surface area contributed by atoms with E-state index in [1.807, 2.05) is 0 Å². The van der Waals surface area contributed by atoms with Gasteiger partial charge in [-0.3, -0.25) is 13.9 Å². The first-order valence-corrected chi connectivity index (χ1v) is 6.05. The summed E-state index contributed by atoms with van der Waals surface area (Å²) in [6, 6.07) is 0. The molecule has 0 saturated heterocycles. The number of hydrogen-bond donors (Lipinski definition) is 1. The standard InChI is InChI=1S/C11H17N5O3.ClH/c1-14-9-8(10(17)15(2)11(14)18)16(7-13-9)4-6-19-5-3-12;/h7H,3-6,12H2,1-2H3;1H. The fourth-order valence-electron chi connectivity index (χ4n) is 1.93. The van der Waals surface area contributed by atoms with Crippen LogP contribution in [-0.2, 0) is 25.4 Å². The third kappa shape index (κ3) is 2.77. The maximum absolute atomic E-state index is 12.1. The van der Waals surface area contributed by atoms with Gasteiger partial charge in [0.05, 0.1) is 26.1 Å². The van der Waals surface area contributed by atoms with E-state index in [-0.39, 0.29) is 23.7 Å². The zero-order chi connectivity index (χ0) is 14.0. The van der Waals surface area contributed by atoms with E-state index in [4.69, 9.17) is 4.74 Å². The van der Waals surface area contributed by atoms with Crippen molar-refractivity contribution in [1.82, 2.24) is 18.7 Å². The number of hydrogen-bond acceptors (Lipinski definition) is 4. The molecule has 2 aromatic rings. The Morgan fingerprint density at radius 2 is 1.95 bits per heavy atom. The monoisotopic (exact) mass is 303 g/mol. The molecule has 0 radical (unpaired) electrons. The van der Waals surface area contributed by atoms with E-state index in [1.54, 1.807) is 17.9 Å². The fourth-order valence-corrected chi connectivity index (χ4v) is 1.93. The highest BCUT2D eigenvalue weighted by Crippen LogP contribution is 2.04. The van der Waals surface area contributed by atoms with Gasteiger partial charge < -0.3 is 27.4 Å². The molecule has 8 nitrogen and oxygen atoms in total. The normalized spacial score (nSPS) is 10.8. The molecule has 2 aromatic heterocycles. The second-order valence-corrected chi connectivity index (χ2v) is 4.28. The molecule has 0 bridgehead atoms. The zero-order valence-corrected chi connectivity index (χ0v) is 12.3. The van der Waals surface area contributed by atoms with E-state index in [1.165, 1.54) is 11.6 Å². The molecule has 2 rings (SSSR count). The Kier molecular flexibility index (Phi) is 5.49. The van der Waals surface area contributed by atoms with Crippen molar-refractivity contribution in [1.29, 1.82) is 0 Å². The highest BCUT2D eigenvalue weighted by atomic mass is 35.5. The smallest absolute Gasteiger partial charge is 0.332 e. The van der Waals surface area contributed by atoms with Crippen LogP contribution in [0.1, 0.15) is 0 Å². The number of ether oxygens (including phenoxy) is 1. The van der Waals surface area contributed by atoms with E-state index in [9.17, 15) is 9.59 Å². The van der Waals surface area contributed by atoms with Gasteiger partial charge >= 0.3 is 5.69 Å². The minimum Gasteiger partial charge on any atom is -1.00 e. The van der Waals surface area contributed by atoms with Crippen molar-refractivity contribution in [3.63, 3.8) is 0 Å². The summed E-state index contributed by atoms with van der Waals surface area (Å²) < 4.78 is 9.49. The molecule has 0 unspecified atom stereocenters. The minimum absolute atomic E-state index is 0. The number of nitrogens with zero attached hydrogens (tertiary/aromatic N) is 4. The molecule has 20 heavy (non-hydrogen) atoms. The van der Waals surface area contributed by atoms with E-state index < -0.39 is 0 Å². The number of rotatable bonds is 5. The van der Waals surface area contributed by atoms with Crippen LogP contribution in [0.4, 0.5) is 0 Å². The fraction of sp³-hybridized carbons (Fsp3) is 0.545. The Morgan fingerprint density at radius 3 is 2.60 bits per heavy atom. The molecule has 9 heteroatoms. The predicted molar refractivity (Wildman–Crippen MR) is 68.8 cm³/mol. The van der Waals surface area contributed by atoms with Crippen LogP contribution in [0.2, 0.25) is 0 Å². The van der Waals surface area contributed by atoms with Crippen LogP contribution in [0, 0.1) is 0 Å². The van der Waals surface area contributed by atoms with Crippen molar-refractivity contribution in [2.45, 2.75) is 6.54 Å². The molecule has 0 aliphatic rings. The number of imidazole rings is 1. The summed E-state index contributed by atoms with van der Waals surface area (Å²) in [6.45, 7) is 2.29.